The number of piperidine rings is 2. The number of nitrogens with one attached hydrogen (secondary N) is 4. The number of carbonyl (C=O) groups excluding carboxylic acids is 9. The lowest BCUT2D eigenvalue weighted by Crippen LogP contribution is -2.62. The van der Waals surface area contributed by atoms with Crippen molar-refractivity contribution in [1.29, 1.82) is 0 Å². The zero-order chi connectivity index (χ0) is 58.6. The van der Waals surface area contributed by atoms with Crippen molar-refractivity contribution < 1.29 is 66.3 Å². The number of amides is 9. The SMILES string of the molecule is CN1CC[C@H]2CC[C@@H](C(=O)N[C@@H](CCC(N)=O)C(=O)N[C@H](C(=O)N3CCC(CCC#Cc4cccc5c4CN(C4CCC(=O)NC4=O)C5=O)CC3)C3CCCCCC3)N2C(=O)[C@@H](NC(=O)c2cc3cc(C(F)(F)P(=O)(O)O)ccc3s2)C1. The monoisotopic (exact) mass is 1170 g/mol. The molecule has 4 saturated heterocycles. The fraction of sp³-hybridized carbons (Fsp3) is 0.561. The molecular formula is C57H70F2N9O12PS. The summed E-state index contributed by atoms with van der Waals surface area (Å²) in [7, 11) is -4.08. The Bertz CT molecular complexity index is 3130. The van der Waals surface area contributed by atoms with E-state index in [2.05, 4.69) is 33.1 Å². The number of imide groups is 1. The van der Waals surface area contributed by atoms with Crippen molar-refractivity contribution in [2.45, 2.75) is 158 Å². The third-order valence-corrected chi connectivity index (χ3v) is 19.2. The molecule has 3 aromatic rings. The molecule has 9 amide bonds. The summed E-state index contributed by atoms with van der Waals surface area (Å²) in [5, 5.41) is 11.1. The lowest BCUT2D eigenvalue weighted by atomic mass is 9.88. The first-order chi connectivity index (χ1) is 39.1. The average Bonchev–Trinajstić information content (AvgIpc) is 3.50. The van der Waals surface area contributed by atoms with Gasteiger partial charge in [-0.2, -0.15) is 8.78 Å². The lowest BCUT2D eigenvalue weighted by molar-refractivity contribution is -0.144. The number of fused-ring (bicyclic) bond motifs is 3. The maximum absolute atomic E-state index is 14.7. The smallest absolute Gasteiger partial charge is 0.370 e. The molecule has 0 bridgehead atoms. The summed E-state index contributed by atoms with van der Waals surface area (Å²) in [5.41, 5.74) is 2.15. The van der Waals surface area contributed by atoms with Gasteiger partial charge >= 0.3 is 13.3 Å². The highest BCUT2D eigenvalue weighted by atomic mass is 32.1. The average molecular weight is 1170 g/mol. The maximum atomic E-state index is 14.7. The summed E-state index contributed by atoms with van der Waals surface area (Å²) >= 11 is 0.932. The van der Waals surface area contributed by atoms with E-state index >= 15 is 0 Å². The number of hydrogen-bond donors (Lipinski definition) is 7. The Kier molecular flexibility index (Phi) is 18.6. The van der Waals surface area contributed by atoms with Gasteiger partial charge in [0.05, 0.1) is 4.88 Å². The molecule has 0 spiro atoms. The molecule has 6 aliphatic rings. The van der Waals surface area contributed by atoms with Gasteiger partial charge in [-0.05, 0) is 131 Å². The number of likely N-dealkylation sites (N-methyl/N-ethyl adjacent to an activating group) is 1. The van der Waals surface area contributed by atoms with Gasteiger partial charge in [-0.15, -0.1) is 11.3 Å². The second kappa shape index (κ2) is 25.5. The molecule has 1 unspecified atom stereocenters. The van der Waals surface area contributed by atoms with Crippen LogP contribution in [0.25, 0.3) is 10.1 Å². The molecule has 6 heterocycles. The number of likely N-dealkylation sites (tertiary alicyclic amines) is 1. The van der Waals surface area contributed by atoms with Gasteiger partial charge in [0.25, 0.3) is 11.8 Å². The molecule has 9 rings (SSSR count). The molecule has 25 heteroatoms. The first-order valence-corrected chi connectivity index (χ1v) is 30.7. The number of primary amides is 1. The number of alkyl halides is 2. The molecule has 1 saturated carbocycles. The Labute approximate surface area is 477 Å². The van der Waals surface area contributed by atoms with Crippen LogP contribution in [0.1, 0.15) is 146 Å². The van der Waals surface area contributed by atoms with Gasteiger partial charge in [0, 0.05) is 72.9 Å². The highest BCUT2D eigenvalue weighted by Crippen LogP contribution is 2.59. The van der Waals surface area contributed by atoms with Gasteiger partial charge in [-0.3, -0.25) is 53.0 Å². The van der Waals surface area contributed by atoms with Crippen LogP contribution in [0.2, 0.25) is 0 Å². The van der Waals surface area contributed by atoms with Gasteiger partial charge in [0.1, 0.15) is 30.2 Å². The Balaban J connectivity index is 0.834. The van der Waals surface area contributed by atoms with E-state index in [4.69, 9.17) is 5.73 Å². The Morgan fingerprint density at radius 1 is 0.915 bits per heavy atom. The molecule has 8 N–H and O–H groups in total. The minimum atomic E-state index is -5.86. The number of nitrogens with zero attached hydrogens (tertiary/aromatic N) is 4. The molecule has 440 valence electrons. The molecule has 2 aromatic carbocycles. The number of carbonyl (C=O) groups is 9. The normalized spacial score (nSPS) is 23.1. The highest BCUT2D eigenvalue weighted by Gasteiger charge is 2.51. The zero-order valence-corrected chi connectivity index (χ0v) is 47.4. The van der Waals surface area contributed by atoms with E-state index in [1.54, 1.807) is 24.1 Å². The quantitative estimate of drug-likeness (QED) is 0.0463. The first-order valence-electron chi connectivity index (χ1n) is 28.3. The van der Waals surface area contributed by atoms with Crippen LogP contribution >= 0.6 is 18.9 Å². The van der Waals surface area contributed by atoms with Crippen molar-refractivity contribution >= 4 is 82.2 Å². The van der Waals surface area contributed by atoms with Gasteiger partial charge in [-0.1, -0.05) is 49.7 Å². The predicted octanol–water partition coefficient (Wildman–Crippen LogP) is 3.96. The number of rotatable bonds is 16. The molecule has 82 heavy (non-hydrogen) atoms. The number of hydrogen-bond acceptors (Lipinski definition) is 12. The topological polar surface area (TPSA) is 298 Å². The van der Waals surface area contributed by atoms with E-state index in [0.717, 1.165) is 61.1 Å². The summed E-state index contributed by atoms with van der Waals surface area (Å²) in [5.74, 6) is 1.98. The first kappa shape index (κ1) is 60.0. The predicted molar refractivity (Wildman–Crippen MR) is 296 cm³/mol. The van der Waals surface area contributed by atoms with Crippen molar-refractivity contribution in [3.05, 3.63) is 69.6 Å². The van der Waals surface area contributed by atoms with Crippen molar-refractivity contribution in [3.8, 4) is 11.8 Å². The summed E-state index contributed by atoms with van der Waals surface area (Å²) in [6.45, 7) is 1.69. The van der Waals surface area contributed by atoms with Crippen LogP contribution < -0.4 is 27.0 Å². The summed E-state index contributed by atoms with van der Waals surface area (Å²) < 4.78 is 41.1. The van der Waals surface area contributed by atoms with Crippen LogP contribution in [0.3, 0.4) is 0 Å². The summed E-state index contributed by atoms with van der Waals surface area (Å²) in [6.07, 6.45) is 9.03. The number of benzene rings is 2. The Hall–Kier alpha value is -6.64. The second-order valence-corrected chi connectivity index (χ2v) is 25.4. The van der Waals surface area contributed by atoms with Crippen molar-refractivity contribution in [3.63, 3.8) is 0 Å². The molecular weight excluding hydrogens is 1100 g/mol. The minimum absolute atomic E-state index is 0.0420. The van der Waals surface area contributed by atoms with Crippen LogP contribution in [0.15, 0.2) is 42.5 Å². The Morgan fingerprint density at radius 3 is 2.37 bits per heavy atom. The van der Waals surface area contributed by atoms with Gasteiger partial charge in [-0.25, -0.2) is 0 Å². The molecule has 1 aromatic heterocycles. The van der Waals surface area contributed by atoms with Crippen LogP contribution in [-0.4, -0.2) is 152 Å². The van der Waals surface area contributed by atoms with Crippen molar-refractivity contribution in [2.75, 3.05) is 33.2 Å². The maximum Gasteiger partial charge on any atom is 0.399 e. The number of nitrogens with two attached hydrogens (primary N) is 1. The summed E-state index contributed by atoms with van der Waals surface area (Å²) in [4.78, 5) is 147. The Morgan fingerprint density at radius 2 is 1.66 bits per heavy atom. The van der Waals surface area contributed by atoms with Crippen molar-refractivity contribution in [1.82, 2.24) is 40.9 Å². The lowest BCUT2D eigenvalue weighted by Gasteiger charge is -2.38. The van der Waals surface area contributed by atoms with E-state index in [9.17, 15) is 66.3 Å². The number of halogens is 2. The van der Waals surface area contributed by atoms with E-state index in [1.807, 2.05) is 11.0 Å². The fourth-order valence-electron chi connectivity index (χ4n) is 12.5. The van der Waals surface area contributed by atoms with Crippen LogP contribution in [0, 0.1) is 23.7 Å². The van der Waals surface area contributed by atoms with Gasteiger partial charge in [0.15, 0.2) is 0 Å². The van der Waals surface area contributed by atoms with E-state index < -0.39 is 90.5 Å². The third-order valence-electron chi connectivity index (χ3n) is 17.1. The van der Waals surface area contributed by atoms with E-state index in [-0.39, 0.29) is 85.0 Å². The van der Waals surface area contributed by atoms with Crippen molar-refractivity contribution in [2.24, 2.45) is 17.6 Å². The highest BCUT2D eigenvalue weighted by molar-refractivity contribution is 7.52. The van der Waals surface area contributed by atoms with Crippen LogP contribution in [0.5, 0.6) is 0 Å². The van der Waals surface area contributed by atoms with Crippen LogP contribution in [-0.2, 0) is 50.3 Å². The van der Waals surface area contributed by atoms with E-state index in [1.165, 1.54) is 21.9 Å². The minimum Gasteiger partial charge on any atom is -0.370 e. The molecule has 5 aliphatic heterocycles. The molecule has 0 radical (unpaired) electrons. The fourth-order valence-corrected chi connectivity index (χ4v) is 13.9. The van der Waals surface area contributed by atoms with E-state index in [0.29, 0.717) is 80.4 Å². The zero-order valence-electron chi connectivity index (χ0n) is 45.7. The largest absolute Gasteiger partial charge is 0.399 e. The van der Waals surface area contributed by atoms with Gasteiger partial charge < -0.3 is 51.1 Å². The molecule has 6 atom stereocenters. The molecule has 5 fully saturated rings. The third kappa shape index (κ3) is 13.4. The standard InChI is InChI=1S/C57H70F2N9O12PS/c1-65-26-25-38-16-18-44(68(38)55(76)42(32-65)62-53(74)46-30-36-29-37(15-20-45(36)82-46)57(58,59)81(78,79)80)52(73)61-41(17-21-47(60)69)50(71)64-49(35-11-4-2-3-5-12-35)56(77)66-27-23-33(24-28-66)9-6-7-10-34-13-8-14-39-40(34)31-67(54(39)75)43-19-22-48(70)63-51(43)72/h8,13-15,20,29-30,33,35,38,41-44,49H,2-6,9,11-12,16-19,21-28,31-32H2,1H3,(H2,60,69)(H,61,73)(H,62,74)(H,64,71)(H,63,70,72)(H2,78,79,80)/t38-,41+,42+,43?,44+,49+/m1/s1. The summed E-state index contributed by atoms with van der Waals surface area (Å²) in [6, 6.07) is 4.04. The van der Waals surface area contributed by atoms with Crippen LogP contribution in [0.4, 0.5) is 8.78 Å². The molecule has 21 nitrogen and oxygen atoms in total. The number of thiophene rings is 1. The van der Waals surface area contributed by atoms with Gasteiger partial charge in [0.2, 0.25) is 41.4 Å². The second-order valence-electron chi connectivity index (χ2n) is 22.7. The molecule has 1 aliphatic carbocycles.